The Bertz CT molecular complexity index is 2370. The number of fused-ring (bicyclic) bond motifs is 2. The van der Waals surface area contributed by atoms with Crippen LogP contribution in [0.3, 0.4) is 0 Å². The smallest absolute Gasteiger partial charge is 0.366 e. The molecule has 5 aliphatic rings. The molecule has 60 heavy (non-hydrogen) atoms. The molecule has 1 spiro atoms. The van der Waals surface area contributed by atoms with E-state index in [2.05, 4.69) is 15.2 Å². The van der Waals surface area contributed by atoms with Crippen LogP contribution in [0, 0.1) is 17.2 Å². The van der Waals surface area contributed by atoms with Crippen molar-refractivity contribution in [2.45, 2.75) is 95.0 Å². The van der Waals surface area contributed by atoms with Crippen LogP contribution in [0.2, 0.25) is 0 Å². The Kier molecular flexibility index (Phi) is 10.1. The van der Waals surface area contributed by atoms with Gasteiger partial charge in [-0.05, 0) is 119 Å². The molecule has 2 unspecified atom stereocenters. The summed E-state index contributed by atoms with van der Waals surface area (Å²) in [5, 5.41) is 19.1. The highest BCUT2D eigenvalue weighted by molar-refractivity contribution is 6.10. The summed E-state index contributed by atoms with van der Waals surface area (Å²) in [7, 11) is 0. The van der Waals surface area contributed by atoms with E-state index in [1.807, 2.05) is 15.8 Å². The number of piperidine rings is 3. The van der Waals surface area contributed by atoms with E-state index >= 15 is 0 Å². The minimum Gasteiger partial charge on any atom is -0.366 e. The van der Waals surface area contributed by atoms with E-state index in [1.54, 1.807) is 12.1 Å². The first-order chi connectivity index (χ1) is 28.6. The number of hydrogen-bond acceptors (Lipinski definition) is 8. The third-order valence-electron chi connectivity index (χ3n) is 13.9. The molecule has 316 valence electrons. The number of pyridine rings is 1. The van der Waals surface area contributed by atoms with Gasteiger partial charge in [-0.15, -0.1) is 0 Å². The summed E-state index contributed by atoms with van der Waals surface area (Å²) in [4.78, 5) is 59.9. The minimum atomic E-state index is -4.71. The number of nitrogens with zero attached hydrogens (tertiary/aromatic N) is 6. The molecule has 4 aromatic rings. The van der Waals surface area contributed by atoms with Crippen LogP contribution in [0.4, 0.5) is 23.2 Å². The largest absolute Gasteiger partial charge is 0.433 e. The van der Waals surface area contributed by atoms with Crippen molar-refractivity contribution in [2.75, 3.05) is 37.6 Å². The van der Waals surface area contributed by atoms with Crippen molar-refractivity contribution >= 4 is 40.2 Å². The van der Waals surface area contributed by atoms with Crippen LogP contribution in [-0.2, 0) is 21.5 Å². The molecular weight excluding hydrogens is 783 g/mol. The number of likely N-dealkylation sites (tertiary alicyclic amines) is 2. The molecule has 12 nitrogen and oxygen atoms in total. The highest BCUT2D eigenvalue weighted by Gasteiger charge is 2.49. The molecule has 4 fully saturated rings. The molecule has 1 saturated carbocycles. The van der Waals surface area contributed by atoms with Crippen LogP contribution >= 0.6 is 0 Å². The maximum Gasteiger partial charge on any atom is 0.433 e. The molecule has 9 rings (SSSR count). The van der Waals surface area contributed by atoms with Gasteiger partial charge in [-0.25, -0.2) is 9.37 Å². The lowest BCUT2D eigenvalue weighted by molar-refractivity contribution is -0.141. The summed E-state index contributed by atoms with van der Waals surface area (Å²) in [6, 6.07) is 11.0. The van der Waals surface area contributed by atoms with Gasteiger partial charge < -0.3 is 14.9 Å². The number of amides is 4. The van der Waals surface area contributed by atoms with Gasteiger partial charge in [0.25, 0.3) is 11.8 Å². The van der Waals surface area contributed by atoms with E-state index in [1.165, 1.54) is 31.2 Å². The predicted molar refractivity (Wildman–Crippen MR) is 211 cm³/mol. The van der Waals surface area contributed by atoms with Crippen molar-refractivity contribution in [3.8, 4) is 0 Å². The zero-order chi connectivity index (χ0) is 42.1. The van der Waals surface area contributed by atoms with Gasteiger partial charge in [0.05, 0.1) is 23.2 Å². The van der Waals surface area contributed by atoms with Crippen LogP contribution < -0.4 is 10.2 Å². The lowest BCUT2D eigenvalue weighted by Gasteiger charge is -2.47. The fourth-order valence-corrected chi connectivity index (χ4v) is 10.3. The van der Waals surface area contributed by atoms with E-state index < -0.39 is 46.8 Å². The average Bonchev–Trinajstić information content (AvgIpc) is 3.65. The average molecular weight is 830 g/mol. The molecule has 3 saturated heterocycles. The number of benzene rings is 2. The van der Waals surface area contributed by atoms with Gasteiger partial charge in [0.1, 0.15) is 17.2 Å². The topological polar surface area (TPSA) is 141 Å². The van der Waals surface area contributed by atoms with Crippen molar-refractivity contribution in [3.05, 3.63) is 88.6 Å². The van der Waals surface area contributed by atoms with Crippen molar-refractivity contribution in [1.29, 1.82) is 0 Å². The maximum atomic E-state index is 14.8. The lowest BCUT2D eigenvalue weighted by atomic mass is 9.65. The summed E-state index contributed by atoms with van der Waals surface area (Å²) in [5.41, 5.74) is -1.04. The van der Waals surface area contributed by atoms with Crippen LogP contribution in [0.5, 0.6) is 0 Å². The second-order valence-corrected chi connectivity index (χ2v) is 17.6. The minimum absolute atomic E-state index is 0.133. The van der Waals surface area contributed by atoms with Crippen molar-refractivity contribution in [2.24, 2.45) is 11.3 Å². The van der Waals surface area contributed by atoms with Crippen LogP contribution in [0.1, 0.15) is 121 Å². The summed E-state index contributed by atoms with van der Waals surface area (Å²) >= 11 is 0. The van der Waals surface area contributed by atoms with Crippen LogP contribution in [0.25, 0.3) is 10.9 Å². The van der Waals surface area contributed by atoms with E-state index in [4.69, 9.17) is 5.10 Å². The van der Waals surface area contributed by atoms with Crippen molar-refractivity contribution in [3.63, 3.8) is 0 Å². The number of aromatic nitrogens is 3. The highest BCUT2D eigenvalue weighted by atomic mass is 19.4. The number of carbonyl (C=O) groups excluding carboxylic acids is 4. The molecule has 0 bridgehead atoms. The number of alkyl halides is 3. The second-order valence-electron chi connectivity index (χ2n) is 17.6. The quantitative estimate of drug-likeness (QED) is 0.162. The zero-order valence-electron chi connectivity index (χ0n) is 33.3. The molecular formula is C44H47F4N7O5. The Morgan fingerprint density at radius 3 is 2.35 bits per heavy atom. The van der Waals surface area contributed by atoms with Gasteiger partial charge in [0, 0.05) is 67.4 Å². The third kappa shape index (κ3) is 7.35. The monoisotopic (exact) mass is 829 g/mol. The Morgan fingerprint density at radius 2 is 1.65 bits per heavy atom. The summed E-state index contributed by atoms with van der Waals surface area (Å²) < 4.78 is 56.6. The molecule has 2 aromatic carbocycles. The van der Waals surface area contributed by atoms with Crippen LogP contribution in [0.15, 0.2) is 54.7 Å². The van der Waals surface area contributed by atoms with Crippen molar-refractivity contribution < 1.29 is 41.8 Å². The Balaban J connectivity index is 0.759. The fourth-order valence-electron chi connectivity index (χ4n) is 10.3. The highest BCUT2D eigenvalue weighted by Crippen LogP contribution is 2.49. The lowest BCUT2D eigenvalue weighted by Crippen LogP contribution is -2.56. The molecule has 0 radical (unpaired) electrons. The van der Waals surface area contributed by atoms with Gasteiger partial charge in [-0.1, -0.05) is 6.07 Å². The number of aliphatic hydroxyl groups is 1. The number of hydrogen-bond donors (Lipinski definition) is 2. The first-order valence-corrected chi connectivity index (χ1v) is 20.9. The fraction of sp³-hybridized carbons (Fsp3) is 0.500. The normalized spacial score (nSPS) is 24.1. The molecule has 2 atom stereocenters. The molecule has 16 heteroatoms. The van der Waals surface area contributed by atoms with E-state index in [-0.39, 0.29) is 41.7 Å². The van der Waals surface area contributed by atoms with Crippen LogP contribution in [-0.4, -0.2) is 86.0 Å². The van der Waals surface area contributed by atoms with Gasteiger partial charge >= 0.3 is 6.18 Å². The molecule has 4 amide bonds. The van der Waals surface area contributed by atoms with E-state index in [0.717, 1.165) is 93.4 Å². The Hall–Kier alpha value is -5.22. The molecule has 2 aromatic heterocycles. The predicted octanol–water partition coefficient (Wildman–Crippen LogP) is 6.68. The van der Waals surface area contributed by atoms with E-state index in [9.17, 15) is 41.8 Å². The summed E-state index contributed by atoms with van der Waals surface area (Å²) in [6.45, 7) is 5.62. The molecule has 6 heterocycles. The van der Waals surface area contributed by atoms with Gasteiger partial charge in [-0.3, -0.25) is 34.1 Å². The Labute approximate surface area is 343 Å². The van der Waals surface area contributed by atoms with E-state index in [0.29, 0.717) is 41.3 Å². The number of nitrogens with one attached hydrogen (secondary N) is 1. The molecule has 2 N–H and O–H groups in total. The standard InChI is InChI=1S/C44H47F4N7O5/c1-42(60)32-23-35-28(22-36(32)55(42)41(59)34-3-2-4-37(49-34)44(46,47)48)25-54(51-35)29-11-17-52(18-12-29)24-26-9-13-43(14-10-26)15-19-53(20-16-43)40(58)27-5-7-33(45)31(21-27)30-6-8-38(56)50-39(30)57/h2-5,7,21-23,25-26,29-30,60H,6,8-20,24H2,1H3,(H,50,56,57). The molecule has 1 aliphatic carbocycles. The summed E-state index contributed by atoms with van der Waals surface area (Å²) in [5.74, 6) is -2.63. The number of anilines is 1. The Morgan fingerprint density at radius 1 is 0.917 bits per heavy atom. The summed E-state index contributed by atoms with van der Waals surface area (Å²) in [6.07, 6.45) is 5.81. The zero-order valence-corrected chi connectivity index (χ0v) is 33.3. The van der Waals surface area contributed by atoms with Gasteiger partial charge in [0.15, 0.2) is 5.72 Å². The number of carbonyl (C=O) groups is 4. The van der Waals surface area contributed by atoms with Crippen molar-refractivity contribution in [1.82, 2.24) is 29.9 Å². The maximum absolute atomic E-state index is 14.8. The first-order valence-electron chi connectivity index (χ1n) is 20.9. The third-order valence-corrected chi connectivity index (χ3v) is 13.9. The first kappa shape index (κ1) is 40.2. The molecule has 4 aliphatic heterocycles. The second kappa shape index (κ2) is 15.0. The SMILES string of the molecule is CC1(O)c2cc3nn(C4CCN(CC5CCC6(CC5)CCN(C(=O)c5ccc(F)c(C7CCC(=O)NC7=O)c5)CC6)CC4)cc3cc2N1C(=O)c1cccc(C(F)(F)F)n1. The number of halogens is 4. The van der Waals surface area contributed by atoms with Gasteiger partial charge in [-0.2, -0.15) is 18.3 Å². The number of imide groups is 1. The van der Waals surface area contributed by atoms with Gasteiger partial charge in [0.2, 0.25) is 11.8 Å². The number of rotatable bonds is 6.